The Morgan fingerprint density at radius 2 is 1.92 bits per heavy atom. The first-order chi connectivity index (χ1) is 12.3. The molecule has 1 aliphatic heterocycles. The van der Waals surface area contributed by atoms with Crippen LogP contribution in [-0.4, -0.2) is 41.7 Å². The summed E-state index contributed by atoms with van der Waals surface area (Å²) in [4.78, 5) is 30.3. The molecule has 7 heteroatoms. The molecule has 2 rings (SSSR count). The van der Waals surface area contributed by atoms with Crippen molar-refractivity contribution in [3.05, 3.63) is 47.7 Å². The molecule has 0 atom stereocenters. The molecule has 1 N–H and O–H groups in total. The second-order valence-corrected chi connectivity index (χ2v) is 6.73. The predicted octanol–water partition coefficient (Wildman–Crippen LogP) is 2.83. The van der Waals surface area contributed by atoms with Crippen LogP contribution in [-0.2, 0) is 20.8 Å². The monoisotopic (exact) mass is 359 g/mol. The zero-order valence-electron chi connectivity index (χ0n) is 15.6. The van der Waals surface area contributed by atoms with Gasteiger partial charge in [0.15, 0.2) is 0 Å². The summed E-state index contributed by atoms with van der Waals surface area (Å²) in [5, 5.41) is 2.91. The number of benzene rings is 1. The Hall–Kier alpha value is -2.83. The standard InChI is InChI=1S/C19H25N3O4/c1-5-25-16(23)15-12-21-17(20-11-14-9-7-6-8-10-14)22(13-15)18(24)26-19(2,3)4/h6-10,12H,5,11,13H2,1-4H3,(H,20,21). The van der Waals surface area contributed by atoms with E-state index in [1.54, 1.807) is 27.7 Å². The van der Waals surface area contributed by atoms with Crippen molar-refractivity contribution in [1.82, 2.24) is 10.2 Å². The number of hydrogen-bond acceptors (Lipinski definition) is 5. The minimum Gasteiger partial charge on any atom is -0.463 e. The van der Waals surface area contributed by atoms with Crippen molar-refractivity contribution in [2.75, 3.05) is 13.2 Å². The lowest BCUT2D eigenvalue weighted by Crippen LogP contribution is -2.50. The number of carbonyl (C=O) groups excluding carboxylic acids is 2. The predicted molar refractivity (Wildman–Crippen MR) is 98.4 cm³/mol. The van der Waals surface area contributed by atoms with Gasteiger partial charge in [-0.15, -0.1) is 0 Å². The van der Waals surface area contributed by atoms with Crippen molar-refractivity contribution in [2.24, 2.45) is 4.99 Å². The molecule has 0 bridgehead atoms. The smallest absolute Gasteiger partial charge is 0.417 e. The van der Waals surface area contributed by atoms with Gasteiger partial charge in [0.2, 0.25) is 5.96 Å². The lowest BCUT2D eigenvalue weighted by atomic mass is 10.2. The van der Waals surface area contributed by atoms with Crippen LogP contribution in [0.2, 0.25) is 0 Å². The highest BCUT2D eigenvalue weighted by Crippen LogP contribution is 2.15. The third-order valence-corrected chi connectivity index (χ3v) is 3.37. The average molecular weight is 359 g/mol. The topological polar surface area (TPSA) is 80.2 Å². The third kappa shape index (κ3) is 5.61. The van der Waals surface area contributed by atoms with E-state index in [9.17, 15) is 9.59 Å². The van der Waals surface area contributed by atoms with Crippen molar-refractivity contribution in [3.8, 4) is 0 Å². The second-order valence-electron chi connectivity index (χ2n) is 6.73. The Bertz CT molecular complexity index is 705. The summed E-state index contributed by atoms with van der Waals surface area (Å²) in [6.45, 7) is 7.77. The number of nitrogens with one attached hydrogen (secondary N) is 1. The molecule has 0 unspecified atom stereocenters. The third-order valence-electron chi connectivity index (χ3n) is 3.37. The van der Waals surface area contributed by atoms with Crippen LogP contribution in [0.1, 0.15) is 33.3 Å². The molecule has 0 saturated heterocycles. The van der Waals surface area contributed by atoms with E-state index in [4.69, 9.17) is 9.47 Å². The summed E-state index contributed by atoms with van der Waals surface area (Å²) in [6.07, 6.45) is 0.939. The zero-order valence-corrected chi connectivity index (χ0v) is 15.6. The summed E-state index contributed by atoms with van der Waals surface area (Å²) in [5.41, 5.74) is 0.676. The number of nitrogens with zero attached hydrogens (tertiary/aromatic N) is 2. The van der Waals surface area contributed by atoms with Crippen molar-refractivity contribution in [3.63, 3.8) is 0 Å². The SMILES string of the molecule is CCOC(=O)C1=CNC(=NCc2ccccc2)N(C(=O)OC(C)(C)C)C1. The molecule has 1 aliphatic rings. The molecule has 26 heavy (non-hydrogen) atoms. The summed E-state index contributed by atoms with van der Waals surface area (Å²) in [7, 11) is 0. The molecule has 1 aromatic carbocycles. The van der Waals surface area contributed by atoms with E-state index >= 15 is 0 Å². The molecule has 1 aromatic rings. The fraction of sp³-hybridized carbons (Fsp3) is 0.421. The average Bonchev–Trinajstić information content (AvgIpc) is 2.59. The highest BCUT2D eigenvalue weighted by molar-refractivity contribution is 6.00. The quantitative estimate of drug-likeness (QED) is 0.836. The Balaban J connectivity index is 2.22. The van der Waals surface area contributed by atoms with Gasteiger partial charge in [0.25, 0.3) is 0 Å². The van der Waals surface area contributed by atoms with E-state index in [2.05, 4.69) is 10.3 Å². The fourth-order valence-corrected chi connectivity index (χ4v) is 2.22. The number of hydrogen-bond donors (Lipinski definition) is 1. The molecule has 0 aliphatic carbocycles. The van der Waals surface area contributed by atoms with Gasteiger partial charge in [0.05, 0.1) is 25.3 Å². The number of aliphatic imine (C=N–C) groups is 1. The molecule has 1 heterocycles. The van der Waals surface area contributed by atoms with E-state index in [1.807, 2.05) is 30.3 Å². The van der Waals surface area contributed by atoms with Crippen LogP contribution in [0.5, 0.6) is 0 Å². The van der Waals surface area contributed by atoms with E-state index in [-0.39, 0.29) is 13.2 Å². The molecule has 0 fully saturated rings. The van der Waals surface area contributed by atoms with Crippen LogP contribution in [0.3, 0.4) is 0 Å². The minimum atomic E-state index is -0.660. The van der Waals surface area contributed by atoms with Crippen molar-refractivity contribution < 1.29 is 19.1 Å². The zero-order chi connectivity index (χ0) is 19.2. The van der Waals surface area contributed by atoms with Crippen LogP contribution in [0.25, 0.3) is 0 Å². The number of rotatable bonds is 4. The van der Waals surface area contributed by atoms with Crippen LogP contribution < -0.4 is 5.32 Å². The van der Waals surface area contributed by atoms with E-state index < -0.39 is 17.7 Å². The van der Waals surface area contributed by atoms with Crippen molar-refractivity contribution in [1.29, 1.82) is 0 Å². The molecular formula is C19H25N3O4. The maximum Gasteiger partial charge on any atom is 0.417 e. The molecule has 0 aromatic heterocycles. The van der Waals surface area contributed by atoms with Crippen LogP contribution in [0.4, 0.5) is 4.79 Å². The highest BCUT2D eigenvalue weighted by Gasteiger charge is 2.31. The molecule has 0 saturated carbocycles. The lowest BCUT2D eigenvalue weighted by molar-refractivity contribution is -0.138. The van der Waals surface area contributed by atoms with Gasteiger partial charge in [-0.05, 0) is 33.3 Å². The van der Waals surface area contributed by atoms with E-state index in [0.29, 0.717) is 18.1 Å². The Kier molecular flexibility index (Phi) is 6.38. The summed E-state index contributed by atoms with van der Waals surface area (Å²) < 4.78 is 10.4. The van der Waals surface area contributed by atoms with E-state index in [0.717, 1.165) is 5.56 Å². The first-order valence-electron chi connectivity index (χ1n) is 8.51. The summed E-state index contributed by atoms with van der Waals surface area (Å²) in [6, 6.07) is 9.68. The van der Waals surface area contributed by atoms with Gasteiger partial charge in [-0.25, -0.2) is 19.5 Å². The number of guanidine groups is 1. The van der Waals surface area contributed by atoms with Crippen LogP contribution in [0.15, 0.2) is 47.1 Å². The molecule has 0 radical (unpaired) electrons. The molecule has 1 amide bonds. The van der Waals surface area contributed by atoms with Gasteiger partial charge < -0.3 is 14.8 Å². The molecule has 140 valence electrons. The first-order valence-corrected chi connectivity index (χ1v) is 8.51. The van der Waals surface area contributed by atoms with E-state index in [1.165, 1.54) is 11.1 Å². The Labute approximate surface area is 153 Å². The summed E-state index contributed by atoms with van der Waals surface area (Å²) >= 11 is 0. The number of ether oxygens (including phenoxy) is 2. The van der Waals surface area contributed by atoms with Crippen molar-refractivity contribution in [2.45, 2.75) is 39.8 Å². The van der Waals surface area contributed by atoms with Crippen LogP contribution in [0, 0.1) is 0 Å². The largest absolute Gasteiger partial charge is 0.463 e. The molecular weight excluding hydrogens is 334 g/mol. The Morgan fingerprint density at radius 3 is 2.54 bits per heavy atom. The first kappa shape index (κ1) is 19.5. The molecule has 0 spiro atoms. The fourth-order valence-electron chi connectivity index (χ4n) is 2.22. The maximum atomic E-state index is 12.6. The normalized spacial score (nSPS) is 15.9. The minimum absolute atomic E-state index is 0.0361. The second kappa shape index (κ2) is 8.51. The van der Waals surface area contributed by atoms with Gasteiger partial charge in [-0.3, -0.25) is 0 Å². The highest BCUT2D eigenvalue weighted by atomic mass is 16.6. The van der Waals surface area contributed by atoms with Gasteiger partial charge >= 0.3 is 12.1 Å². The maximum absolute atomic E-state index is 12.6. The van der Waals surface area contributed by atoms with Crippen LogP contribution >= 0.6 is 0 Å². The van der Waals surface area contributed by atoms with Gasteiger partial charge in [-0.1, -0.05) is 30.3 Å². The van der Waals surface area contributed by atoms with Crippen molar-refractivity contribution >= 4 is 18.0 Å². The van der Waals surface area contributed by atoms with Gasteiger partial charge in [-0.2, -0.15) is 0 Å². The lowest BCUT2D eigenvalue weighted by Gasteiger charge is -2.30. The number of esters is 1. The Morgan fingerprint density at radius 1 is 1.23 bits per heavy atom. The molecule has 7 nitrogen and oxygen atoms in total. The number of amides is 1. The summed E-state index contributed by atoms with van der Waals surface area (Å²) in [5.74, 6) is -0.146. The van der Waals surface area contributed by atoms with Gasteiger partial charge in [0.1, 0.15) is 5.60 Å². The van der Waals surface area contributed by atoms with Gasteiger partial charge in [0, 0.05) is 6.20 Å². The number of carbonyl (C=O) groups is 2.